The Bertz CT molecular complexity index is 464. The lowest BCUT2D eigenvalue weighted by molar-refractivity contribution is -0.116. The molecule has 0 aliphatic carbocycles. The number of benzene rings is 1. The Hall–Kier alpha value is -1.51. The van der Waals surface area contributed by atoms with Crippen LogP contribution in [0, 0.1) is 0 Å². The normalized spacial score (nSPS) is 13.7. The molecule has 1 aromatic carbocycles. The van der Waals surface area contributed by atoms with Gasteiger partial charge in [0.05, 0.1) is 0 Å². The molecule has 1 aliphatic rings. The second kappa shape index (κ2) is 6.78. The van der Waals surface area contributed by atoms with Gasteiger partial charge in [-0.15, -0.1) is 0 Å². The van der Waals surface area contributed by atoms with Crippen molar-refractivity contribution in [3.8, 4) is 0 Å². The monoisotopic (exact) mass is 274 g/mol. The molecule has 1 N–H and O–H groups in total. The lowest BCUT2D eigenvalue weighted by Crippen LogP contribution is -2.25. The van der Waals surface area contributed by atoms with Crippen LogP contribution in [0.25, 0.3) is 0 Å². The minimum Gasteiger partial charge on any atom is -0.382 e. The Balaban J connectivity index is 2.10. The highest BCUT2D eigenvalue weighted by atomic mass is 16.2. The van der Waals surface area contributed by atoms with Crippen LogP contribution in [0.3, 0.4) is 0 Å². The van der Waals surface area contributed by atoms with E-state index in [4.69, 9.17) is 0 Å². The number of carbonyl (C=O) groups is 1. The fourth-order valence-electron chi connectivity index (χ4n) is 3.04. The molecule has 2 rings (SSSR count). The summed E-state index contributed by atoms with van der Waals surface area (Å²) in [5.41, 5.74) is 3.57. The molecule has 1 amide bonds. The van der Waals surface area contributed by atoms with E-state index in [1.54, 1.807) is 6.92 Å². The van der Waals surface area contributed by atoms with Crippen LogP contribution in [-0.4, -0.2) is 18.5 Å². The second-order valence-electron chi connectivity index (χ2n) is 5.68. The molecule has 0 aromatic heterocycles. The molecular formula is C17H26N2O. The van der Waals surface area contributed by atoms with Crippen molar-refractivity contribution in [2.45, 2.75) is 58.9 Å². The maximum Gasteiger partial charge on any atom is 0.223 e. The van der Waals surface area contributed by atoms with Gasteiger partial charge in [-0.1, -0.05) is 26.7 Å². The SMILES string of the molecule is CCCC(CCC)Nc1ccc2c(c1)CCN2C(C)=O. The van der Waals surface area contributed by atoms with E-state index in [-0.39, 0.29) is 5.91 Å². The van der Waals surface area contributed by atoms with Crippen molar-refractivity contribution < 1.29 is 4.79 Å². The number of hydrogen-bond donors (Lipinski definition) is 1. The van der Waals surface area contributed by atoms with E-state index in [2.05, 4.69) is 37.4 Å². The fraction of sp³-hybridized carbons (Fsp3) is 0.588. The Morgan fingerprint density at radius 3 is 2.60 bits per heavy atom. The topological polar surface area (TPSA) is 32.3 Å². The van der Waals surface area contributed by atoms with Gasteiger partial charge in [0.15, 0.2) is 0 Å². The fourth-order valence-corrected chi connectivity index (χ4v) is 3.04. The molecule has 3 heteroatoms. The van der Waals surface area contributed by atoms with Gasteiger partial charge in [-0.2, -0.15) is 0 Å². The van der Waals surface area contributed by atoms with Crippen LogP contribution < -0.4 is 10.2 Å². The first-order valence-corrected chi connectivity index (χ1v) is 7.83. The first kappa shape index (κ1) is 14.9. The predicted molar refractivity (Wildman–Crippen MR) is 85.4 cm³/mol. The molecule has 0 spiro atoms. The van der Waals surface area contributed by atoms with Gasteiger partial charge in [0.25, 0.3) is 0 Å². The number of nitrogens with one attached hydrogen (secondary N) is 1. The zero-order valence-electron chi connectivity index (χ0n) is 12.9. The predicted octanol–water partition coefficient (Wildman–Crippen LogP) is 3.98. The molecule has 0 saturated heterocycles. The van der Waals surface area contributed by atoms with Crippen molar-refractivity contribution in [1.82, 2.24) is 0 Å². The molecular weight excluding hydrogens is 248 g/mol. The lowest BCUT2D eigenvalue weighted by atomic mass is 10.1. The lowest BCUT2D eigenvalue weighted by Gasteiger charge is -2.20. The molecule has 20 heavy (non-hydrogen) atoms. The summed E-state index contributed by atoms with van der Waals surface area (Å²) in [5, 5.41) is 3.65. The van der Waals surface area contributed by atoms with Gasteiger partial charge >= 0.3 is 0 Å². The van der Waals surface area contributed by atoms with Gasteiger partial charge in [0, 0.05) is 30.9 Å². The second-order valence-corrected chi connectivity index (χ2v) is 5.68. The molecule has 3 nitrogen and oxygen atoms in total. The number of rotatable bonds is 6. The van der Waals surface area contributed by atoms with Crippen molar-refractivity contribution in [3.63, 3.8) is 0 Å². The quantitative estimate of drug-likeness (QED) is 0.851. The van der Waals surface area contributed by atoms with Gasteiger partial charge in [-0.3, -0.25) is 4.79 Å². The van der Waals surface area contributed by atoms with Crippen LogP contribution in [0.5, 0.6) is 0 Å². The van der Waals surface area contributed by atoms with Crippen molar-refractivity contribution in [2.75, 3.05) is 16.8 Å². The maximum absolute atomic E-state index is 11.6. The number of amides is 1. The third-order valence-corrected chi connectivity index (χ3v) is 4.00. The minimum atomic E-state index is 0.138. The molecule has 110 valence electrons. The minimum absolute atomic E-state index is 0.138. The van der Waals surface area contributed by atoms with E-state index in [9.17, 15) is 4.79 Å². The summed E-state index contributed by atoms with van der Waals surface area (Å²) < 4.78 is 0. The van der Waals surface area contributed by atoms with Crippen LogP contribution in [0.1, 0.15) is 52.0 Å². The molecule has 0 unspecified atom stereocenters. The van der Waals surface area contributed by atoms with E-state index in [1.807, 2.05) is 4.90 Å². The van der Waals surface area contributed by atoms with E-state index < -0.39 is 0 Å². The van der Waals surface area contributed by atoms with Crippen LogP contribution in [0.4, 0.5) is 11.4 Å². The van der Waals surface area contributed by atoms with Gasteiger partial charge < -0.3 is 10.2 Å². The summed E-state index contributed by atoms with van der Waals surface area (Å²) in [4.78, 5) is 13.4. The third-order valence-electron chi connectivity index (χ3n) is 4.00. The first-order chi connectivity index (χ1) is 9.65. The van der Waals surface area contributed by atoms with Crippen LogP contribution >= 0.6 is 0 Å². The summed E-state index contributed by atoms with van der Waals surface area (Å²) in [5.74, 6) is 0.138. The highest BCUT2D eigenvalue weighted by Crippen LogP contribution is 2.31. The molecule has 0 saturated carbocycles. The zero-order valence-corrected chi connectivity index (χ0v) is 12.9. The largest absolute Gasteiger partial charge is 0.382 e. The van der Waals surface area contributed by atoms with Crippen molar-refractivity contribution in [1.29, 1.82) is 0 Å². The van der Waals surface area contributed by atoms with Gasteiger partial charge in [-0.05, 0) is 43.0 Å². The molecule has 0 radical (unpaired) electrons. The molecule has 1 aliphatic heterocycles. The van der Waals surface area contributed by atoms with E-state index in [0.29, 0.717) is 6.04 Å². The Kier molecular flexibility index (Phi) is 5.05. The maximum atomic E-state index is 11.6. The molecule has 0 fully saturated rings. The van der Waals surface area contributed by atoms with Crippen LogP contribution in [0.2, 0.25) is 0 Å². The van der Waals surface area contributed by atoms with Crippen LogP contribution in [-0.2, 0) is 11.2 Å². The smallest absolute Gasteiger partial charge is 0.223 e. The Labute approximate surface area is 122 Å². The van der Waals surface area contributed by atoms with Gasteiger partial charge in [-0.25, -0.2) is 0 Å². The van der Waals surface area contributed by atoms with Crippen molar-refractivity contribution in [3.05, 3.63) is 23.8 Å². The molecule has 0 bridgehead atoms. The molecule has 0 atom stereocenters. The number of hydrogen-bond acceptors (Lipinski definition) is 2. The van der Waals surface area contributed by atoms with Crippen LogP contribution in [0.15, 0.2) is 18.2 Å². The van der Waals surface area contributed by atoms with Gasteiger partial charge in [0.2, 0.25) is 5.91 Å². The number of nitrogens with zero attached hydrogens (tertiary/aromatic N) is 1. The van der Waals surface area contributed by atoms with E-state index in [1.165, 1.54) is 36.9 Å². The highest BCUT2D eigenvalue weighted by molar-refractivity contribution is 5.94. The molecule has 1 heterocycles. The highest BCUT2D eigenvalue weighted by Gasteiger charge is 2.22. The zero-order chi connectivity index (χ0) is 14.5. The average Bonchev–Trinajstić information content (AvgIpc) is 2.82. The summed E-state index contributed by atoms with van der Waals surface area (Å²) in [6.07, 6.45) is 5.81. The standard InChI is InChI=1S/C17H26N2O/c1-4-6-15(7-5-2)18-16-8-9-17-14(12-16)10-11-19(17)13(3)20/h8-9,12,15,18H,4-7,10-11H2,1-3H3. The van der Waals surface area contributed by atoms with Gasteiger partial charge in [0.1, 0.15) is 0 Å². The third kappa shape index (κ3) is 3.33. The Morgan fingerprint density at radius 2 is 2.00 bits per heavy atom. The first-order valence-electron chi connectivity index (χ1n) is 7.83. The number of fused-ring (bicyclic) bond motifs is 1. The molecule has 1 aromatic rings. The number of anilines is 2. The number of carbonyl (C=O) groups excluding carboxylic acids is 1. The van der Waals surface area contributed by atoms with Crippen molar-refractivity contribution in [2.24, 2.45) is 0 Å². The van der Waals surface area contributed by atoms with Crippen molar-refractivity contribution >= 4 is 17.3 Å². The van der Waals surface area contributed by atoms with E-state index in [0.717, 1.165) is 18.7 Å². The Morgan fingerprint density at radius 1 is 1.30 bits per heavy atom. The summed E-state index contributed by atoms with van der Waals surface area (Å²) in [6.45, 7) is 6.93. The summed E-state index contributed by atoms with van der Waals surface area (Å²) in [7, 11) is 0. The average molecular weight is 274 g/mol. The summed E-state index contributed by atoms with van der Waals surface area (Å²) in [6, 6.07) is 6.98. The van der Waals surface area contributed by atoms with E-state index >= 15 is 0 Å². The summed E-state index contributed by atoms with van der Waals surface area (Å²) >= 11 is 0.